The maximum atomic E-state index is 9.32. The van der Waals surface area contributed by atoms with Gasteiger partial charge in [-0.15, -0.1) is 0 Å². The molecule has 0 radical (unpaired) electrons. The zero-order chi connectivity index (χ0) is 13.5. The van der Waals surface area contributed by atoms with E-state index in [2.05, 4.69) is 17.1 Å². The van der Waals surface area contributed by atoms with Crippen LogP contribution in [-0.4, -0.2) is 48.3 Å². The predicted molar refractivity (Wildman–Crippen MR) is 80.3 cm³/mol. The van der Waals surface area contributed by atoms with Crippen LogP contribution in [0.4, 0.5) is 0 Å². The fourth-order valence-corrected chi connectivity index (χ4v) is 3.95. The second kappa shape index (κ2) is 8.23. The van der Waals surface area contributed by atoms with Crippen LogP contribution >= 0.6 is 0 Å². The van der Waals surface area contributed by atoms with Gasteiger partial charge in [0.2, 0.25) is 0 Å². The highest BCUT2D eigenvalue weighted by Crippen LogP contribution is 2.30. The fraction of sp³-hybridized carbons (Fsp3) is 1.00. The molecule has 2 aliphatic rings. The molecule has 1 atom stereocenters. The van der Waals surface area contributed by atoms with Crippen molar-refractivity contribution in [2.24, 2.45) is 5.92 Å². The Morgan fingerprint density at radius 2 is 1.95 bits per heavy atom. The second-order valence-corrected chi connectivity index (χ2v) is 6.48. The van der Waals surface area contributed by atoms with Gasteiger partial charge in [-0.1, -0.05) is 19.8 Å². The summed E-state index contributed by atoms with van der Waals surface area (Å²) in [5.41, 5.74) is 0. The van der Waals surface area contributed by atoms with E-state index in [1.54, 1.807) is 0 Å². The lowest BCUT2D eigenvalue weighted by Gasteiger charge is -2.38. The first-order chi connectivity index (χ1) is 9.33. The fourth-order valence-electron chi connectivity index (χ4n) is 3.95. The average molecular weight is 268 g/mol. The van der Waals surface area contributed by atoms with Crippen LogP contribution in [0.15, 0.2) is 0 Å². The Morgan fingerprint density at radius 1 is 1.16 bits per heavy atom. The first-order valence-corrected chi connectivity index (χ1v) is 8.41. The van der Waals surface area contributed by atoms with Gasteiger partial charge in [-0.25, -0.2) is 0 Å². The maximum absolute atomic E-state index is 9.32. The summed E-state index contributed by atoms with van der Waals surface area (Å²) in [6.45, 7) is 5.79. The minimum absolute atomic E-state index is 0.307. The minimum atomic E-state index is 0.307. The molecular formula is C16H32N2O. The van der Waals surface area contributed by atoms with Crippen LogP contribution in [0.5, 0.6) is 0 Å². The molecule has 1 saturated carbocycles. The van der Waals surface area contributed by atoms with Gasteiger partial charge >= 0.3 is 0 Å². The van der Waals surface area contributed by atoms with Gasteiger partial charge in [-0.2, -0.15) is 0 Å². The quantitative estimate of drug-likeness (QED) is 0.744. The summed E-state index contributed by atoms with van der Waals surface area (Å²) in [6, 6.07) is 1.39. The van der Waals surface area contributed by atoms with E-state index in [0.717, 1.165) is 25.0 Å². The van der Waals surface area contributed by atoms with E-state index >= 15 is 0 Å². The summed E-state index contributed by atoms with van der Waals surface area (Å²) < 4.78 is 0. The van der Waals surface area contributed by atoms with E-state index in [0.29, 0.717) is 12.6 Å². The third kappa shape index (κ3) is 4.73. The highest BCUT2D eigenvalue weighted by molar-refractivity contribution is 4.84. The highest BCUT2D eigenvalue weighted by Gasteiger charge is 2.27. The summed E-state index contributed by atoms with van der Waals surface area (Å²) >= 11 is 0. The third-order valence-electron chi connectivity index (χ3n) is 5.03. The van der Waals surface area contributed by atoms with Gasteiger partial charge in [0.15, 0.2) is 0 Å². The Morgan fingerprint density at radius 3 is 2.53 bits per heavy atom. The zero-order valence-electron chi connectivity index (χ0n) is 12.6. The lowest BCUT2D eigenvalue weighted by atomic mass is 9.83. The van der Waals surface area contributed by atoms with Gasteiger partial charge in [0, 0.05) is 25.2 Å². The molecule has 1 unspecified atom stereocenters. The van der Waals surface area contributed by atoms with Crippen molar-refractivity contribution in [3.63, 3.8) is 0 Å². The van der Waals surface area contributed by atoms with Crippen molar-refractivity contribution in [1.29, 1.82) is 0 Å². The van der Waals surface area contributed by atoms with Crippen LogP contribution in [0.2, 0.25) is 0 Å². The Balaban J connectivity index is 1.78. The SMILES string of the molecule is CCCC1CCC(N(CCO)CC2CCCN2)CC1. The Kier molecular flexibility index (Phi) is 6.62. The molecular weight excluding hydrogens is 236 g/mol. The standard InChI is InChI=1S/C16H32N2O/c1-2-4-14-6-8-16(9-7-14)18(11-12-19)13-15-5-3-10-17-15/h14-17,19H,2-13H2,1H3. The van der Waals surface area contributed by atoms with Gasteiger partial charge in [-0.3, -0.25) is 4.90 Å². The van der Waals surface area contributed by atoms with Crippen LogP contribution in [0.1, 0.15) is 58.3 Å². The molecule has 3 nitrogen and oxygen atoms in total. The molecule has 1 saturated heterocycles. The number of aliphatic hydroxyl groups is 1. The van der Waals surface area contributed by atoms with E-state index in [-0.39, 0.29) is 0 Å². The first kappa shape index (κ1) is 15.3. The molecule has 2 N–H and O–H groups in total. The molecule has 0 spiro atoms. The molecule has 1 aliphatic heterocycles. The van der Waals surface area contributed by atoms with Gasteiger partial charge in [0.05, 0.1) is 6.61 Å². The van der Waals surface area contributed by atoms with Gasteiger partial charge in [0.25, 0.3) is 0 Å². The summed E-state index contributed by atoms with van der Waals surface area (Å²) in [5, 5.41) is 12.9. The number of hydrogen-bond donors (Lipinski definition) is 2. The zero-order valence-corrected chi connectivity index (χ0v) is 12.6. The first-order valence-electron chi connectivity index (χ1n) is 8.41. The molecule has 1 aliphatic carbocycles. The highest BCUT2D eigenvalue weighted by atomic mass is 16.3. The molecule has 0 aromatic rings. The topological polar surface area (TPSA) is 35.5 Å². The van der Waals surface area contributed by atoms with E-state index in [9.17, 15) is 5.11 Å². The van der Waals surface area contributed by atoms with E-state index in [1.165, 1.54) is 57.9 Å². The maximum Gasteiger partial charge on any atom is 0.0558 e. The number of aliphatic hydroxyl groups excluding tert-OH is 1. The predicted octanol–water partition coefficient (Wildman–Crippen LogP) is 2.39. The third-order valence-corrected chi connectivity index (χ3v) is 5.03. The van der Waals surface area contributed by atoms with Crippen molar-refractivity contribution in [2.75, 3.05) is 26.2 Å². The molecule has 3 heteroatoms. The summed E-state index contributed by atoms with van der Waals surface area (Å²) in [5.74, 6) is 0.974. The molecule has 0 bridgehead atoms. The minimum Gasteiger partial charge on any atom is -0.395 e. The molecule has 1 heterocycles. The van der Waals surface area contributed by atoms with Crippen LogP contribution in [-0.2, 0) is 0 Å². The largest absolute Gasteiger partial charge is 0.395 e. The van der Waals surface area contributed by atoms with Crippen molar-refractivity contribution >= 4 is 0 Å². The number of nitrogens with one attached hydrogen (secondary N) is 1. The normalized spacial score (nSPS) is 32.1. The van der Waals surface area contributed by atoms with Crippen LogP contribution in [0.3, 0.4) is 0 Å². The summed E-state index contributed by atoms with van der Waals surface area (Å²) in [4.78, 5) is 2.56. The molecule has 2 fully saturated rings. The Hall–Kier alpha value is -0.120. The summed E-state index contributed by atoms with van der Waals surface area (Å²) in [6.07, 6.45) is 10.9. The van der Waals surface area contributed by atoms with Crippen molar-refractivity contribution in [1.82, 2.24) is 10.2 Å². The molecule has 2 rings (SSSR count). The number of hydrogen-bond acceptors (Lipinski definition) is 3. The van der Waals surface area contributed by atoms with E-state index < -0.39 is 0 Å². The van der Waals surface area contributed by atoms with E-state index in [4.69, 9.17) is 0 Å². The van der Waals surface area contributed by atoms with Crippen molar-refractivity contribution in [3.8, 4) is 0 Å². The molecule has 19 heavy (non-hydrogen) atoms. The van der Waals surface area contributed by atoms with E-state index in [1.807, 2.05) is 0 Å². The number of rotatable bonds is 7. The van der Waals surface area contributed by atoms with Crippen LogP contribution in [0, 0.1) is 5.92 Å². The molecule has 112 valence electrons. The van der Waals surface area contributed by atoms with Gasteiger partial charge < -0.3 is 10.4 Å². The molecule has 0 aromatic carbocycles. The van der Waals surface area contributed by atoms with Crippen molar-refractivity contribution in [2.45, 2.75) is 70.4 Å². The van der Waals surface area contributed by atoms with Gasteiger partial charge in [-0.05, 0) is 51.0 Å². The summed E-state index contributed by atoms with van der Waals surface area (Å²) in [7, 11) is 0. The average Bonchev–Trinajstić information content (AvgIpc) is 2.93. The van der Waals surface area contributed by atoms with Crippen LogP contribution < -0.4 is 5.32 Å². The molecule has 0 aromatic heterocycles. The smallest absolute Gasteiger partial charge is 0.0558 e. The van der Waals surface area contributed by atoms with Gasteiger partial charge in [0.1, 0.15) is 0 Å². The lowest BCUT2D eigenvalue weighted by Crippen LogP contribution is -2.46. The monoisotopic (exact) mass is 268 g/mol. The second-order valence-electron chi connectivity index (χ2n) is 6.48. The van der Waals surface area contributed by atoms with Crippen LogP contribution in [0.25, 0.3) is 0 Å². The number of nitrogens with zero attached hydrogens (tertiary/aromatic N) is 1. The van der Waals surface area contributed by atoms with Crippen molar-refractivity contribution in [3.05, 3.63) is 0 Å². The Labute approximate surface area is 118 Å². The Bertz CT molecular complexity index is 233. The molecule has 0 amide bonds. The van der Waals surface area contributed by atoms with Crippen molar-refractivity contribution < 1.29 is 5.11 Å². The lowest BCUT2D eigenvalue weighted by molar-refractivity contribution is 0.101.